The van der Waals surface area contributed by atoms with Crippen molar-refractivity contribution in [2.24, 2.45) is 0 Å². The zero-order chi connectivity index (χ0) is 14.7. The third-order valence-electron chi connectivity index (χ3n) is 3.98. The fraction of sp³-hybridized carbons (Fsp3) is 0.600. The number of carboxylic acid groups (broad SMARTS) is 1. The van der Waals surface area contributed by atoms with E-state index in [0.29, 0.717) is 0 Å². The van der Waals surface area contributed by atoms with Gasteiger partial charge in [-0.05, 0) is 6.92 Å². The van der Waals surface area contributed by atoms with E-state index in [-0.39, 0.29) is 42.5 Å². The van der Waals surface area contributed by atoms with Crippen LogP contribution in [-0.2, 0) is 26.0 Å². The molecule has 0 aromatic carbocycles. The van der Waals surface area contributed by atoms with E-state index in [4.69, 9.17) is 0 Å². The van der Waals surface area contributed by atoms with Gasteiger partial charge in [0, 0.05) is 0 Å². The first kappa shape index (κ1) is 16.4. The van der Waals surface area contributed by atoms with Gasteiger partial charge >= 0.3 is 29.6 Å². The van der Waals surface area contributed by atoms with Crippen molar-refractivity contribution in [3.63, 3.8) is 0 Å². The summed E-state index contributed by atoms with van der Waals surface area (Å²) in [5.41, 5.74) is 0. The second kappa shape index (κ2) is 5.04. The molecule has 1 aromatic rings. The van der Waals surface area contributed by atoms with Crippen LogP contribution in [0.2, 0.25) is 0 Å². The minimum atomic E-state index is -3.84. The Balaban J connectivity index is 0.00000161. The number of hydrogen-bond acceptors (Lipinski definition) is 7. The molecule has 3 rings (SSSR count). The molecule has 1 aromatic heterocycles. The van der Waals surface area contributed by atoms with Crippen molar-refractivity contribution in [2.75, 3.05) is 0 Å². The van der Waals surface area contributed by atoms with Crippen molar-refractivity contribution in [1.82, 2.24) is 19.7 Å². The number of aromatic nitrogens is 3. The number of rotatable bonds is 3. The first-order chi connectivity index (χ1) is 9.29. The molecule has 0 unspecified atom stereocenters. The van der Waals surface area contributed by atoms with Crippen molar-refractivity contribution >= 4 is 21.7 Å². The normalized spacial score (nSPS) is 33.0. The number of nitrogens with zero attached hydrogens (tertiary/aromatic N) is 4. The second-order valence-corrected chi connectivity index (χ2v) is 7.70. The van der Waals surface area contributed by atoms with Gasteiger partial charge in [0.15, 0.2) is 9.84 Å². The van der Waals surface area contributed by atoms with Gasteiger partial charge in [-0.3, -0.25) is 9.48 Å². The molecule has 0 saturated carbocycles. The van der Waals surface area contributed by atoms with E-state index in [2.05, 4.69) is 10.1 Å². The molecular formula is C10H11N4NaO5S. The summed E-state index contributed by atoms with van der Waals surface area (Å²) in [6, 6.07) is -1.51. The number of fused-ring (bicyclic) bond motifs is 1. The third-order valence-corrected chi connectivity index (χ3v) is 6.74. The molecule has 3 atom stereocenters. The predicted octanol–water partition coefficient (Wildman–Crippen LogP) is -5.85. The second-order valence-electron chi connectivity index (χ2n) is 5.13. The smallest absolute Gasteiger partial charge is 0.548 e. The largest absolute Gasteiger partial charge is 1.00 e. The van der Waals surface area contributed by atoms with Gasteiger partial charge in [0.1, 0.15) is 22.8 Å². The first-order valence-electron chi connectivity index (χ1n) is 5.87. The Labute approximate surface area is 142 Å². The van der Waals surface area contributed by atoms with Crippen molar-refractivity contribution < 1.29 is 52.7 Å². The van der Waals surface area contributed by atoms with Crippen LogP contribution in [0.1, 0.15) is 13.3 Å². The van der Waals surface area contributed by atoms with E-state index >= 15 is 0 Å². The van der Waals surface area contributed by atoms with Gasteiger partial charge in [-0.25, -0.2) is 13.4 Å². The molecule has 9 nitrogen and oxygen atoms in total. The van der Waals surface area contributed by atoms with E-state index in [1.165, 1.54) is 24.3 Å². The predicted molar refractivity (Wildman–Crippen MR) is 61.4 cm³/mol. The zero-order valence-corrected chi connectivity index (χ0v) is 14.3. The number of aliphatic carboxylic acids is 1. The third kappa shape index (κ3) is 2.04. The van der Waals surface area contributed by atoms with Gasteiger partial charge in [0.25, 0.3) is 0 Å². The molecule has 3 heterocycles. The molecule has 1 amide bonds. The monoisotopic (exact) mass is 322 g/mol. The summed E-state index contributed by atoms with van der Waals surface area (Å²) in [5, 5.41) is 14.1. The molecule has 2 saturated heterocycles. The standard InChI is InChI=1S/C10H12N4O5S.Na/c1-10(3-13-5-11-4-12-13)8(9(16)17)14-6(15)2-7(14)20(10,18)19;/h4-5,7-8H,2-3H2,1H3,(H,16,17);/q;+1/p-1/t7-,8-,10-;/m0./s1. The van der Waals surface area contributed by atoms with Crippen LogP contribution in [0.5, 0.6) is 0 Å². The van der Waals surface area contributed by atoms with Gasteiger partial charge < -0.3 is 14.8 Å². The topological polar surface area (TPSA) is 125 Å². The molecule has 0 spiro atoms. The fourth-order valence-corrected chi connectivity index (χ4v) is 5.26. The molecule has 2 aliphatic heterocycles. The summed E-state index contributed by atoms with van der Waals surface area (Å²) in [6.45, 7) is 1.10. The fourth-order valence-electron chi connectivity index (χ4n) is 2.91. The number of sulfone groups is 1. The maximum atomic E-state index is 12.5. The molecule has 2 aliphatic rings. The van der Waals surface area contributed by atoms with Crippen LogP contribution in [0.25, 0.3) is 0 Å². The van der Waals surface area contributed by atoms with Crippen LogP contribution in [-0.4, -0.2) is 56.1 Å². The van der Waals surface area contributed by atoms with Crippen LogP contribution >= 0.6 is 0 Å². The number of carboxylic acids is 1. The number of amides is 1. The average Bonchev–Trinajstić information content (AvgIpc) is 2.87. The molecule has 0 N–H and O–H groups in total. The Kier molecular flexibility index (Phi) is 3.94. The minimum absolute atomic E-state index is 0. The average molecular weight is 322 g/mol. The number of carbonyl (C=O) groups is 2. The summed E-state index contributed by atoms with van der Waals surface area (Å²) in [4.78, 5) is 27.5. The van der Waals surface area contributed by atoms with Gasteiger partial charge in [-0.2, -0.15) is 5.10 Å². The summed E-state index contributed by atoms with van der Waals surface area (Å²) >= 11 is 0. The number of hydrogen-bond donors (Lipinski definition) is 0. The van der Waals surface area contributed by atoms with E-state index < -0.39 is 37.9 Å². The van der Waals surface area contributed by atoms with Crippen LogP contribution in [0.3, 0.4) is 0 Å². The SMILES string of the molecule is C[C@]1(Cn2cncn2)[C@H](C(=O)[O-])N2C(=O)C[C@@H]2S1(=O)=O.[Na+]. The maximum absolute atomic E-state index is 12.5. The minimum Gasteiger partial charge on any atom is -0.548 e. The van der Waals surface area contributed by atoms with E-state index in [1.807, 2.05) is 0 Å². The van der Waals surface area contributed by atoms with Crippen LogP contribution in [0.15, 0.2) is 12.7 Å². The summed E-state index contributed by atoms with van der Waals surface area (Å²) in [7, 11) is -3.84. The summed E-state index contributed by atoms with van der Waals surface area (Å²) in [6.07, 6.45) is 2.34. The van der Waals surface area contributed by atoms with Crippen molar-refractivity contribution in [2.45, 2.75) is 36.1 Å². The molecule has 0 aliphatic carbocycles. The van der Waals surface area contributed by atoms with Crippen molar-refractivity contribution in [3.8, 4) is 0 Å². The Bertz CT molecular complexity index is 690. The van der Waals surface area contributed by atoms with Crippen LogP contribution in [0, 0.1) is 0 Å². The Morgan fingerprint density at radius 3 is 2.71 bits per heavy atom. The summed E-state index contributed by atoms with van der Waals surface area (Å²) in [5.74, 6) is -2.07. The number of carbonyl (C=O) groups excluding carboxylic acids is 2. The number of β-lactam (4-membered cyclic amide) rings is 1. The summed E-state index contributed by atoms with van der Waals surface area (Å²) < 4.78 is 24.6. The van der Waals surface area contributed by atoms with Gasteiger partial charge in [0.2, 0.25) is 5.91 Å². The Morgan fingerprint density at radius 2 is 2.24 bits per heavy atom. The molecule has 0 bridgehead atoms. The van der Waals surface area contributed by atoms with Gasteiger partial charge in [-0.1, -0.05) is 0 Å². The van der Waals surface area contributed by atoms with Crippen molar-refractivity contribution in [1.29, 1.82) is 0 Å². The molecule has 21 heavy (non-hydrogen) atoms. The van der Waals surface area contributed by atoms with E-state index in [0.717, 1.165) is 4.90 Å². The molecule has 2 fully saturated rings. The van der Waals surface area contributed by atoms with Gasteiger partial charge in [0.05, 0.1) is 25.0 Å². The van der Waals surface area contributed by atoms with Crippen molar-refractivity contribution in [3.05, 3.63) is 12.7 Å². The molecular weight excluding hydrogens is 311 g/mol. The van der Waals surface area contributed by atoms with E-state index in [1.54, 1.807) is 0 Å². The first-order valence-corrected chi connectivity index (χ1v) is 7.41. The van der Waals surface area contributed by atoms with Crippen LogP contribution in [0.4, 0.5) is 0 Å². The van der Waals surface area contributed by atoms with E-state index in [9.17, 15) is 23.1 Å². The molecule has 11 heteroatoms. The van der Waals surface area contributed by atoms with Crippen LogP contribution < -0.4 is 34.7 Å². The Hall–Kier alpha value is -0.970. The zero-order valence-electron chi connectivity index (χ0n) is 11.5. The quantitative estimate of drug-likeness (QED) is 0.401. The molecule has 0 radical (unpaired) electrons. The Morgan fingerprint density at radius 1 is 1.57 bits per heavy atom. The van der Waals surface area contributed by atoms with Gasteiger partial charge in [-0.15, -0.1) is 0 Å². The maximum Gasteiger partial charge on any atom is 1.00 e. The molecule has 108 valence electrons.